The van der Waals surface area contributed by atoms with Crippen LogP contribution in [0.3, 0.4) is 0 Å². The van der Waals surface area contributed by atoms with Crippen molar-refractivity contribution >= 4 is 17.3 Å². The predicted molar refractivity (Wildman–Crippen MR) is 99.6 cm³/mol. The summed E-state index contributed by atoms with van der Waals surface area (Å²) >= 11 is 5.77. The van der Waals surface area contributed by atoms with Gasteiger partial charge in [0.05, 0.1) is 29.6 Å². The molecule has 3 heterocycles. The van der Waals surface area contributed by atoms with E-state index in [1.165, 1.54) is 12.3 Å². The Labute approximate surface area is 166 Å². The summed E-state index contributed by atoms with van der Waals surface area (Å²) in [6, 6.07) is 3.02. The van der Waals surface area contributed by atoms with E-state index in [2.05, 4.69) is 9.97 Å². The van der Waals surface area contributed by atoms with Gasteiger partial charge in [-0.3, -0.25) is 4.98 Å². The van der Waals surface area contributed by atoms with E-state index >= 15 is 0 Å². The first kappa shape index (κ1) is 20.7. The van der Waals surface area contributed by atoms with E-state index in [0.29, 0.717) is 49.5 Å². The molecule has 0 radical (unpaired) electrons. The minimum absolute atomic E-state index is 0.00228. The number of halogens is 4. The number of hydrogen-bond donors (Lipinski definition) is 1. The number of nitrogens with zero attached hydrogens (tertiary/aromatic N) is 3. The third-order valence-electron chi connectivity index (χ3n) is 4.88. The fraction of sp³-hybridized carbons (Fsp3) is 0.474. The van der Waals surface area contributed by atoms with Gasteiger partial charge in [-0.2, -0.15) is 13.2 Å². The zero-order valence-electron chi connectivity index (χ0n) is 15.3. The topological polar surface area (TPSA) is 58.5 Å². The molecule has 0 amide bonds. The van der Waals surface area contributed by atoms with E-state index in [1.807, 2.05) is 11.8 Å². The average Bonchev–Trinajstić information content (AvgIpc) is 2.67. The molecule has 1 N–H and O–H groups in total. The second kappa shape index (κ2) is 8.53. The molecule has 0 spiro atoms. The molecule has 152 valence electrons. The molecule has 0 bridgehead atoms. The number of pyridine rings is 2. The van der Waals surface area contributed by atoms with E-state index in [1.54, 1.807) is 18.5 Å². The van der Waals surface area contributed by atoms with Gasteiger partial charge in [0, 0.05) is 31.0 Å². The standard InChI is InChI=1S/C19H21ClF3N3O2/c1-2-28-16-3-6-24-11-14(16)17(27)12-4-7-26(8-5-12)13-9-15(20)18(25-10-13)19(21,22)23/h3,6,9-12,17,27H,2,4-5,7-8H2,1H3. The summed E-state index contributed by atoms with van der Waals surface area (Å²) in [7, 11) is 0. The van der Waals surface area contributed by atoms with Crippen LogP contribution in [-0.4, -0.2) is 34.8 Å². The summed E-state index contributed by atoms with van der Waals surface area (Å²) in [6.45, 7) is 3.52. The molecule has 1 saturated heterocycles. The minimum atomic E-state index is -4.57. The van der Waals surface area contributed by atoms with Crippen LogP contribution >= 0.6 is 11.6 Å². The van der Waals surface area contributed by atoms with Gasteiger partial charge in [-0.25, -0.2) is 4.98 Å². The van der Waals surface area contributed by atoms with Crippen molar-refractivity contribution in [2.24, 2.45) is 5.92 Å². The smallest absolute Gasteiger partial charge is 0.434 e. The maximum Gasteiger partial charge on any atom is 0.434 e. The Morgan fingerprint density at radius 3 is 2.64 bits per heavy atom. The zero-order chi connectivity index (χ0) is 20.3. The van der Waals surface area contributed by atoms with E-state index in [4.69, 9.17) is 16.3 Å². The number of aliphatic hydroxyl groups is 1. The number of hydrogen-bond acceptors (Lipinski definition) is 5. The van der Waals surface area contributed by atoms with Crippen molar-refractivity contribution in [2.75, 3.05) is 24.6 Å². The summed E-state index contributed by atoms with van der Waals surface area (Å²) in [5.41, 5.74) is 0.118. The van der Waals surface area contributed by atoms with Crippen molar-refractivity contribution in [1.29, 1.82) is 0 Å². The molecule has 1 aliphatic heterocycles. The number of ether oxygens (including phenoxy) is 1. The number of anilines is 1. The average molecular weight is 416 g/mol. The third-order valence-corrected chi connectivity index (χ3v) is 5.16. The van der Waals surface area contributed by atoms with Gasteiger partial charge in [0.2, 0.25) is 0 Å². The fourth-order valence-electron chi connectivity index (χ4n) is 3.44. The molecule has 5 nitrogen and oxygen atoms in total. The summed E-state index contributed by atoms with van der Waals surface area (Å²) in [6.07, 6.45) is 0.466. The van der Waals surface area contributed by atoms with Crippen molar-refractivity contribution < 1.29 is 23.0 Å². The lowest BCUT2D eigenvalue weighted by atomic mass is 9.87. The van der Waals surface area contributed by atoms with Crippen molar-refractivity contribution in [3.05, 3.63) is 47.0 Å². The van der Waals surface area contributed by atoms with Crippen LogP contribution in [0.1, 0.15) is 37.1 Å². The van der Waals surface area contributed by atoms with Crippen LogP contribution in [0.4, 0.5) is 18.9 Å². The van der Waals surface area contributed by atoms with Gasteiger partial charge in [0.1, 0.15) is 5.75 Å². The second-order valence-corrected chi connectivity index (χ2v) is 7.04. The Bertz CT molecular complexity index is 811. The minimum Gasteiger partial charge on any atom is -0.493 e. The van der Waals surface area contributed by atoms with E-state index in [-0.39, 0.29) is 5.92 Å². The summed E-state index contributed by atoms with van der Waals surface area (Å²) in [5, 5.41) is 10.4. The van der Waals surface area contributed by atoms with Gasteiger partial charge in [-0.05, 0) is 37.8 Å². The number of aliphatic hydroxyl groups excluding tert-OH is 1. The molecule has 1 fully saturated rings. The summed E-state index contributed by atoms with van der Waals surface area (Å²) in [5.74, 6) is 0.615. The molecule has 9 heteroatoms. The fourth-order valence-corrected chi connectivity index (χ4v) is 3.71. The quantitative estimate of drug-likeness (QED) is 0.779. The molecule has 0 aliphatic carbocycles. The van der Waals surface area contributed by atoms with Crippen LogP contribution in [0.25, 0.3) is 0 Å². The normalized spacial score (nSPS) is 16.9. The lowest BCUT2D eigenvalue weighted by Gasteiger charge is -2.35. The van der Waals surface area contributed by atoms with Crippen molar-refractivity contribution in [3.8, 4) is 5.75 Å². The highest BCUT2D eigenvalue weighted by Crippen LogP contribution is 2.38. The first-order valence-electron chi connectivity index (χ1n) is 9.03. The maximum absolute atomic E-state index is 12.8. The maximum atomic E-state index is 12.8. The van der Waals surface area contributed by atoms with Crippen LogP contribution in [0.15, 0.2) is 30.7 Å². The number of alkyl halides is 3. The van der Waals surface area contributed by atoms with Gasteiger partial charge in [-0.15, -0.1) is 0 Å². The monoisotopic (exact) mass is 415 g/mol. The van der Waals surface area contributed by atoms with Crippen LogP contribution in [0.2, 0.25) is 5.02 Å². The molecule has 1 unspecified atom stereocenters. The summed E-state index contributed by atoms with van der Waals surface area (Å²) < 4.78 is 44.0. The number of piperidine rings is 1. The van der Waals surface area contributed by atoms with E-state index in [0.717, 1.165) is 0 Å². The van der Waals surface area contributed by atoms with Gasteiger partial charge in [0.25, 0.3) is 0 Å². The van der Waals surface area contributed by atoms with E-state index in [9.17, 15) is 18.3 Å². The predicted octanol–water partition coefficient (Wildman–Crippen LogP) is 4.50. The second-order valence-electron chi connectivity index (χ2n) is 6.64. The third kappa shape index (κ3) is 4.50. The number of aromatic nitrogens is 2. The van der Waals surface area contributed by atoms with Crippen LogP contribution in [0, 0.1) is 5.92 Å². The van der Waals surface area contributed by atoms with Crippen molar-refractivity contribution in [3.63, 3.8) is 0 Å². The lowest BCUT2D eigenvalue weighted by molar-refractivity contribution is -0.141. The van der Waals surface area contributed by atoms with Crippen molar-refractivity contribution in [1.82, 2.24) is 9.97 Å². The van der Waals surface area contributed by atoms with Gasteiger partial charge >= 0.3 is 6.18 Å². The van der Waals surface area contributed by atoms with Crippen LogP contribution in [0.5, 0.6) is 5.75 Å². The Morgan fingerprint density at radius 1 is 1.32 bits per heavy atom. The van der Waals surface area contributed by atoms with Gasteiger partial charge < -0.3 is 14.7 Å². The lowest BCUT2D eigenvalue weighted by Crippen LogP contribution is -2.36. The van der Waals surface area contributed by atoms with Gasteiger partial charge in [0.15, 0.2) is 5.69 Å². The zero-order valence-corrected chi connectivity index (χ0v) is 16.0. The molecule has 1 aliphatic rings. The first-order chi connectivity index (χ1) is 13.3. The first-order valence-corrected chi connectivity index (χ1v) is 9.41. The van der Waals surface area contributed by atoms with E-state index < -0.39 is 23.0 Å². The summed E-state index contributed by atoms with van der Waals surface area (Å²) in [4.78, 5) is 9.49. The van der Waals surface area contributed by atoms with Crippen molar-refractivity contribution in [2.45, 2.75) is 32.0 Å². The molecule has 1 atom stereocenters. The Morgan fingerprint density at radius 2 is 2.04 bits per heavy atom. The molecular formula is C19H21ClF3N3O2. The number of rotatable bonds is 5. The highest BCUT2D eigenvalue weighted by molar-refractivity contribution is 6.31. The Balaban J connectivity index is 1.67. The molecule has 2 aromatic rings. The Kier molecular flexibility index (Phi) is 6.30. The van der Waals surface area contributed by atoms with Crippen LogP contribution in [-0.2, 0) is 6.18 Å². The molecular weight excluding hydrogens is 395 g/mol. The van der Waals surface area contributed by atoms with Gasteiger partial charge in [-0.1, -0.05) is 11.6 Å². The van der Waals surface area contributed by atoms with Crippen LogP contribution < -0.4 is 9.64 Å². The molecule has 28 heavy (non-hydrogen) atoms. The highest BCUT2D eigenvalue weighted by atomic mass is 35.5. The largest absolute Gasteiger partial charge is 0.493 e. The Hall–Kier alpha value is -2.06. The molecule has 2 aromatic heterocycles. The SMILES string of the molecule is CCOc1ccncc1C(O)C1CCN(c2cnc(C(F)(F)F)c(Cl)c2)CC1. The highest BCUT2D eigenvalue weighted by Gasteiger charge is 2.36. The molecule has 3 rings (SSSR count). The molecule has 0 saturated carbocycles. The molecule has 0 aromatic carbocycles.